The van der Waals surface area contributed by atoms with E-state index in [1.807, 2.05) is 0 Å². The molecule has 10 aromatic rings. The van der Waals surface area contributed by atoms with Crippen molar-refractivity contribution in [3.63, 3.8) is 0 Å². The first-order chi connectivity index (χ1) is 21.6. The van der Waals surface area contributed by atoms with Crippen molar-refractivity contribution < 1.29 is 0 Å². The molecule has 0 atom stereocenters. The molecule has 0 aliphatic carbocycles. The summed E-state index contributed by atoms with van der Waals surface area (Å²) in [7, 11) is 0. The fraction of sp³-hybridized carbons (Fsp3) is 0.0500. The predicted octanol–water partition coefficient (Wildman–Crippen LogP) is 10.2. The third kappa shape index (κ3) is 3.12. The van der Waals surface area contributed by atoms with Crippen LogP contribution in [0, 0.1) is 13.8 Å². The molecule has 0 unspecified atom stereocenters. The quantitative estimate of drug-likeness (QED) is 0.187. The maximum absolute atomic E-state index is 5.18. The average molecular weight is 563 g/mol. The second-order valence-electron chi connectivity index (χ2n) is 12.1. The Hall–Kier alpha value is -5.74. The van der Waals surface area contributed by atoms with Crippen LogP contribution in [-0.4, -0.2) is 18.8 Å². The normalized spacial score (nSPS) is 12.3. The summed E-state index contributed by atoms with van der Waals surface area (Å²) in [5, 5.41) is 7.24. The zero-order valence-corrected chi connectivity index (χ0v) is 24.3. The Morgan fingerprint density at radius 3 is 1.89 bits per heavy atom. The molecular weight excluding hydrogens is 536 g/mol. The van der Waals surface area contributed by atoms with Crippen molar-refractivity contribution in [3.8, 4) is 11.1 Å². The van der Waals surface area contributed by atoms with Crippen molar-refractivity contribution in [1.82, 2.24) is 18.8 Å². The Morgan fingerprint density at radius 1 is 0.386 bits per heavy atom. The van der Waals surface area contributed by atoms with Gasteiger partial charge in [0.1, 0.15) is 11.3 Å². The second-order valence-corrected chi connectivity index (χ2v) is 12.1. The van der Waals surface area contributed by atoms with Crippen molar-refractivity contribution in [3.05, 3.63) is 132 Å². The first kappa shape index (κ1) is 23.8. The molecule has 0 radical (unpaired) electrons. The van der Waals surface area contributed by atoms with Crippen molar-refractivity contribution >= 4 is 76.7 Å². The lowest BCUT2D eigenvalue weighted by molar-refractivity contribution is 1.31. The minimum absolute atomic E-state index is 0.992. The van der Waals surface area contributed by atoms with Gasteiger partial charge in [-0.15, -0.1) is 0 Å². The van der Waals surface area contributed by atoms with Gasteiger partial charge in [0.25, 0.3) is 0 Å². The van der Waals surface area contributed by atoms with Crippen molar-refractivity contribution in [2.75, 3.05) is 0 Å². The number of nitrogens with zero attached hydrogens (tertiary/aromatic N) is 4. The molecule has 0 saturated carbocycles. The largest absolute Gasteiger partial charge is 0.292 e. The smallest absolute Gasteiger partial charge is 0.146 e. The van der Waals surface area contributed by atoms with Gasteiger partial charge in [0, 0.05) is 21.5 Å². The van der Waals surface area contributed by atoms with Crippen LogP contribution >= 0.6 is 0 Å². The van der Waals surface area contributed by atoms with Crippen LogP contribution in [0.5, 0.6) is 0 Å². The fourth-order valence-electron chi connectivity index (χ4n) is 7.30. The van der Waals surface area contributed by atoms with E-state index in [2.05, 4.69) is 144 Å². The Kier molecular flexibility index (Phi) is 4.55. The summed E-state index contributed by atoms with van der Waals surface area (Å²) < 4.78 is 4.67. The number of aryl methyl sites for hydroxylation is 2. The van der Waals surface area contributed by atoms with E-state index in [0.717, 1.165) is 44.3 Å². The molecule has 0 spiro atoms. The van der Waals surface area contributed by atoms with Gasteiger partial charge in [0.2, 0.25) is 0 Å². The summed E-state index contributed by atoms with van der Waals surface area (Å²) in [6.45, 7) is 4.30. The lowest BCUT2D eigenvalue weighted by atomic mass is 9.97. The predicted molar refractivity (Wildman–Crippen MR) is 184 cm³/mol. The molecule has 6 aromatic carbocycles. The topological polar surface area (TPSA) is 34.6 Å². The second kappa shape index (κ2) is 8.42. The Labute approximate surface area is 252 Å². The zero-order valence-electron chi connectivity index (χ0n) is 24.3. The van der Waals surface area contributed by atoms with Crippen LogP contribution < -0.4 is 0 Å². The number of benzene rings is 6. The molecule has 0 aliphatic heterocycles. The van der Waals surface area contributed by atoms with Gasteiger partial charge in [0.15, 0.2) is 0 Å². The standard InChI is InChI=1S/C40H26N4/c1-23-11-15-30-31(19-23)29-17-14-26(22-37(29)44-36-10-6-4-8-33(36)41-39(30)44)25-13-16-27-28-7-3-5-9-35(28)43-38-20-24(2)12-18-34(38)42-40(43)32(27)21-25/h3-22H,1-2H3. The fourth-order valence-corrected chi connectivity index (χ4v) is 7.30. The van der Waals surface area contributed by atoms with Gasteiger partial charge in [0.05, 0.1) is 33.1 Å². The number of hydrogen-bond acceptors (Lipinski definition) is 2. The molecule has 206 valence electrons. The number of aromatic nitrogens is 4. The molecule has 10 rings (SSSR count). The SMILES string of the molecule is Cc1ccc2c(c1)c1ccc(-c3ccc4c5ccccc5n5c6cc(C)ccc6nc5c4c3)cc1n1c3ccccc3nc21. The van der Waals surface area contributed by atoms with Gasteiger partial charge in [-0.1, -0.05) is 84.4 Å². The number of fused-ring (bicyclic) bond motifs is 16. The maximum atomic E-state index is 5.18. The number of hydrogen-bond donors (Lipinski definition) is 0. The van der Waals surface area contributed by atoms with Gasteiger partial charge in [-0.3, -0.25) is 8.80 Å². The van der Waals surface area contributed by atoms with Gasteiger partial charge in [-0.25, -0.2) is 9.97 Å². The monoisotopic (exact) mass is 562 g/mol. The summed E-state index contributed by atoms with van der Waals surface area (Å²) >= 11 is 0. The van der Waals surface area contributed by atoms with Gasteiger partial charge >= 0.3 is 0 Å². The van der Waals surface area contributed by atoms with E-state index in [1.165, 1.54) is 54.7 Å². The zero-order chi connectivity index (χ0) is 29.1. The van der Waals surface area contributed by atoms with Crippen molar-refractivity contribution in [1.29, 1.82) is 0 Å². The Balaban J connectivity index is 1.31. The highest BCUT2D eigenvalue weighted by atomic mass is 15.0. The molecule has 4 aromatic heterocycles. The highest BCUT2D eigenvalue weighted by molar-refractivity contribution is 6.16. The van der Waals surface area contributed by atoms with Gasteiger partial charge < -0.3 is 0 Å². The van der Waals surface area contributed by atoms with Gasteiger partial charge in [-0.05, 0) is 83.8 Å². The van der Waals surface area contributed by atoms with Crippen molar-refractivity contribution in [2.24, 2.45) is 0 Å². The summed E-state index contributed by atoms with van der Waals surface area (Å²) in [5.41, 5.74) is 13.4. The molecule has 0 fully saturated rings. The summed E-state index contributed by atoms with van der Waals surface area (Å²) in [4.78, 5) is 10.3. The third-order valence-corrected chi connectivity index (χ3v) is 9.34. The Morgan fingerprint density at radius 2 is 1.00 bits per heavy atom. The van der Waals surface area contributed by atoms with Crippen LogP contribution in [0.25, 0.3) is 87.8 Å². The van der Waals surface area contributed by atoms with Crippen LogP contribution in [0.4, 0.5) is 0 Å². The van der Waals surface area contributed by atoms with E-state index in [0.29, 0.717) is 0 Å². The molecule has 0 amide bonds. The minimum Gasteiger partial charge on any atom is -0.292 e. The summed E-state index contributed by atoms with van der Waals surface area (Å²) in [6, 6.07) is 44.1. The number of imidazole rings is 2. The van der Waals surface area contributed by atoms with Crippen molar-refractivity contribution in [2.45, 2.75) is 13.8 Å². The molecular formula is C40H26N4. The molecule has 0 saturated heterocycles. The molecule has 44 heavy (non-hydrogen) atoms. The van der Waals surface area contributed by atoms with E-state index in [4.69, 9.17) is 9.97 Å². The van der Waals surface area contributed by atoms with E-state index in [9.17, 15) is 0 Å². The molecule has 4 nitrogen and oxygen atoms in total. The highest BCUT2D eigenvalue weighted by Crippen LogP contribution is 2.38. The third-order valence-electron chi connectivity index (χ3n) is 9.34. The molecule has 0 bridgehead atoms. The number of rotatable bonds is 1. The van der Waals surface area contributed by atoms with Crippen LogP contribution in [0.3, 0.4) is 0 Å². The van der Waals surface area contributed by atoms with Crippen LogP contribution in [0.2, 0.25) is 0 Å². The first-order valence-electron chi connectivity index (χ1n) is 15.1. The first-order valence-corrected chi connectivity index (χ1v) is 15.1. The number of para-hydroxylation sites is 3. The molecule has 0 aliphatic rings. The number of pyridine rings is 2. The van der Waals surface area contributed by atoms with E-state index < -0.39 is 0 Å². The minimum atomic E-state index is 0.992. The van der Waals surface area contributed by atoms with Gasteiger partial charge in [-0.2, -0.15) is 0 Å². The average Bonchev–Trinajstić information content (AvgIpc) is 3.64. The van der Waals surface area contributed by atoms with Crippen LogP contribution in [0.1, 0.15) is 11.1 Å². The molecule has 4 heterocycles. The van der Waals surface area contributed by atoms with E-state index >= 15 is 0 Å². The lowest BCUT2D eigenvalue weighted by Gasteiger charge is -2.13. The van der Waals surface area contributed by atoms with E-state index in [-0.39, 0.29) is 0 Å². The van der Waals surface area contributed by atoms with Crippen LogP contribution in [0.15, 0.2) is 121 Å². The Bertz CT molecular complexity index is 2850. The highest BCUT2D eigenvalue weighted by Gasteiger charge is 2.17. The maximum Gasteiger partial charge on any atom is 0.146 e. The summed E-state index contributed by atoms with van der Waals surface area (Å²) in [5.74, 6) is 0. The van der Waals surface area contributed by atoms with E-state index in [1.54, 1.807) is 0 Å². The van der Waals surface area contributed by atoms with Crippen LogP contribution in [-0.2, 0) is 0 Å². The molecule has 0 N–H and O–H groups in total. The summed E-state index contributed by atoms with van der Waals surface area (Å²) in [6.07, 6.45) is 0. The lowest BCUT2D eigenvalue weighted by Crippen LogP contribution is -1.94. The molecule has 4 heteroatoms.